The van der Waals surface area contributed by atoms with Gasteiger partial charge in [-0.3, -0.25) is 4.98 Å². The van der Waals surface area contributed by atoms with E-state index < -0.39 is 0 Å². The van der Waals surface area contributed by atoms with Gasteiger partial charge in [-0.2, -0.15) is 0 Å². The Morgan fingerprint density at radius 2 is 2.23 bits per heavy atom. The molecule has 0 bridgehead atoms. The Morgan fingerprint density at radius 3 is 3.00 bits per heavy atom. The second-order valence-corrected chi connectivity index (χ2v) is 5.76. The Hall–Kier alpha value is -2.01. The van der Waals surface area contributed by atoms with E-state index in [9.17, 15) is 0 Å². The van der Waals surface area contributed by atoms with Crippen LogP contribution in [0.1, 0.15) is 36.0 Å². The van der Waals surface area contributed by atoms with Crippen LogP contribution < -0.4 is 4.90 Å². The second-order valence-electron chi connectivity index (χ2n) is 5.76. The Kier molecular flexibility index (Phi) is 4.63. The maximum atomic E-state index is 5.16. The van der Waals surface area contributed by atoms with Gasteiger partial charge < -0.3 is 9.64 Å². The first-order valence-electron chi connectivity index (χ1n) is 7.75. The molecule has 1 fully saturated rings. The number of methoxy groups -OCH3 is 1. The summed E-state index contributed by atoms with van der Waals surface area (Å²) in [6.07, 6.45) is 4.21. The minimum atomic E-state index is 0.451. The van der Waals surface area contributed by atoms with Crippen LogP contribution in [-0.4, -0.2) is 35.2 Å². The molecular weight excluding hydrogens is 276 g/mol. The summed E-state index contributed by atoms with van der Waals surface area (Å²) >= 11 is 0. The molecule has 3 rings (SSSR count). The molecule has 1 aliphatic rings. The molecule has 22 heavy (non-hydrogen) atoms. The van der Waals surface area contributed by atoms with E-state index in [1.54, 1.807) is 7.11 Å². The van der Waals surface area contributed by atoms with Gasteiger partial charge in [0.05, 0.1) is 0 Å². The maximum absolute atomic E-state index is 5.16. The fourth-order valence-corrected chi connectivity index (χ4v) is 3.01. The van der Waals surface area contributed by atoms with E-state index in [4.69, 9.17) is 4.74 Å². The van der Waals surface area contributed by atoms with E-state index in [0.29, 0.717) is 12.5 Å². The smallest absolute Gasteiger partial charge is 0.156 e. The minimum absolute atomic E-state index is 0.451. The Morgan fingerprint density at radius 1 is 1.32 bits per heavy atom. The Balaban J connectivity index is 1.80. The van der Waals surface area contributed by atoms with Gasteiger partial charge in [-0.25, -0.2) is 9.97 Å². The van der Waals surface area contributed by atoms with Crippen LogP contribution in [0.4, 0.5) is 5.82 Å². The molecule has 5 nitrogen and oxygen atoms in total. The molecule has 5 heteroatoms. The van der Waals surface area contributed by atoms with Crippen LogP contribution in [0.3, 0.4) is 0 Å². The van der Waals surface area contributed by atoms with Crippen molar-refractivity contribution in [2.45, 2.75) is 32.3 Å². The number of ether oxygens (including phenoxy) is 1. The number of piperidine rings is 1. The van der Waals surface area contributed by atoms with Crippen LogP contribution in [0.5, 0.6) is 0 Å². The van der Waals surface area contributed by atoms with Gasteiger partial charge in [0.1, 0.15) is 12.4 Å². The lowest BCUT2D eigenvalue weighted by Crippen LogP contribution is -2.35. The van der Waals surface area contributed by atoms with E-state index >= 15 is 0 Å². The molecule has 2 aromatic rings. The molecule has 1 aliphatic heterocycles. The van der Waals surface area contributed by atoms with Crippen molar-refractivity contribution in [2.24, 2.45) is 0 Å². The molecule has 0 unspecified atom stereocenters. The number of rotatable bonds is 4. The lowest BCUT2D eigenvalue weighted by Gasteiger charge is -2.33. The molecule has 0 saturated carbocycles. The first-order valence-corrected chi connectivity index (χ1v) is 7.75. The van der Waals surface area contributed by atoms with Crippen LogP contribution in [0.2, 0.25) is 0 Å². The van der Waals surface area contributed by atoms with E-state index in [0.717, 1.165) is 36.8 Å². The predicted octanol–water partition coefficient (Wildman–Crippen LogP) is 2.71. The fraction of sp³-hybridized carbons (Fsp3) is 0.471. The molecule has 0 aromatic carbocycles. The quantitative estimate of drug-likeness (QED) is 0.868. The third kappa shape index (κ3) is 3.42. The van der Waals surface area contributed by atoms with Gasteiger partial charge in [-0.15, -0.1) is 0 Å². The van der Waals surface area contributed by atoms with E-state index in [1.807, 2.05) is 19.2 Å². The standard InChI is InChI=1S/C17H22N4O/c1-13-10-17(20-16(19-13)12-22-2)21-9-5-6-14(11-21)15-7-3-4-8-18-15/h3-4,7-8,10,14H,5-6,9,11-12H2,1-2H3/t14-/m1/s1. The summed E-state index contributed by atoms with van der Waals surface area (Å²) in [6, 6.07) is 8.21. The van der Waals surface area contributed by atoms with Crippen molar-refractivity contribution in [3.8, 4) is 0 Å². The summed E-state index contributed by atoms with van der Waals surface area (Å²) in [5.41, 5.74) is 2.16. The van der Waals surface area contributed by atoms with Crippen molar-refractivity contribution in [3.63, 3.8) is 0 Å². The third-order valence-corrected chi connectivity index (χ3v) is 4.01. The largest absolute Gasteiger partial charge is 0.377 e. The average molecular weight is 298 g/mol. The van der Waals surface area contributed by atoms with Crippen LogP contribution in [0, 0.1) is 6.92 Å². The van der Waals surface area contributed by atoms with E-state index in [1.165, 1.54) is 12.1 Å². The topological polar surface area (TPSA) is 51.1 Å². The summed E-state index contributed by atoms with van der Waals surface area (Å²) in [4.78, 5) is 15.9. The van der Waals surface area contributed by atoms with Gasteiger partial charge in [0.15, 0.2) is 5.82 Å². The van der Waals surface area contributed by atoms with E-state index in [2.05, 4.69) is 38.1 Å². The van der Waals surface area contributed by atoms with Gasteiger partial charge >= 0.3 is 0 Å². The summed E-state index contributed by atoms with van der Waals surface area (Å²) in [5.74, 6) is 2.22. The minimum Gasteiger partial charge on any atom is -0.377 e. The number of aromatic nitrogens is 3. The molecule has 0 spiro atoms. The average Bonchev–Trinajstić information content (AvgIpc) is 2.56. The van der Waals surface area contributed by atoms with Gasteiger partial charge in [-0.05, 0) is 31.9 Å². The molecule has 3 heterocycles. The highest BCUT2D eigenvalue weighted by molar-refractivity contribution is 5.41. The molecule has 0 amide bonds. The van der Waals surface area contributed by atoms with Gasteiger partial charge in [0.25, 0.3) is 0 Å². The highest BCUT2D eigenvalue weighted by atomic mass is 16.5. The number of nitrogens with zero attached hydrogens (tertiary/aromatic N) is 4. The van der Waals surface area contributed by atoms with Crippen molar-refractivity contribution in [3.05, 3.63) is 47.7 Å². The van der Waals surface area contributed by atoms with Crippen molar-refractivity contribution in [1.82, 2.24) is 15.0 Å². The SMILES string of the molecule is COCc1nc(C)cc(N2CCC[C@@H](c3ccccn3)C2)n1. The molecule has 2 aromatic heterocycles. The predicted molar refractivity (Wildman–Crippen MR) is 85.9 cm³/mol. The van der Waals surface area contributed by atoms with Gasteiger partial charge in [-0.1, -0.05) is 6.07 Å². The normalized spacial score (nSPS) is 18.5. The maximum Gasteiger partial charge on any atom is 0.156 e. The van der Waals surface area contributed by atoms with Gasteiger partial charge in [0.2, 0.25) is 0 Å². The Bertz CT molecular complexity index is 617. The summed E-state index contributed by atoms with van der Waals surface area (Å²) < 4.78 is 5.16. The first-order chi connectivity index (χ1) is 10.8. The van der Waals surface area contributed by atoms with E-state index in [-0.39, 0.29) is 0 Å². The molecule has 116 valence electrons. The second kappa shape index (κ2) is 6.83. The first kappa shape index (κ1) is 14.9. The molecule has 1 saturated heterocycles. The zero-order chi connectivity index (χ0) is 15.4. The molecular formula is C17H22N4O. The zero-order valence-corrected chi connectivity index (χ0v) is 13.2. The number of aryl methyl sites for hydroxylation is 1. The molecule has 0 aliphatic carbocycles. The van der Waals surface area contributed by atoms with Crippen LogP contribution >= 0.6 is 0 Å². The summed E-state index contributed by atoms with van der Waals surface area (Å²) in [5, 5.41) is 0. The molecule has 0 radical (unpaired) electrons. The lowest BCUT2D eigenvalue weighted by molar-refractivity contribution is 0.177. The monoisotopic (exact) mass is 298 g/mol. The van der Waals surface area contributed by atoms with Crippen LogP contribution in [-0.2, 0) is 11.3 Å². The lowest BCUT2D eigenvalue weighted by atomic mass is 9.94. The Labute approximate surface area is 131 Å². The highest BCUT2D eigenvalue weighted by Gasteiger charge is 2.23. The zero-order valence-electron chi connectivity index (χ0n) is 13.2. The van der Waals surface area contributed by atoms with Crippen LogP contribution in [0.25, 0.3) is 0 Å². The van der Waals surface area contributed by atoms with Crippen molar-refractivity contribution >= 4 is 5.82 Å². The molecule has 0 N–H and O–H groups in total. The van der Waals surface area contributed by atoms with Crippen molar-refractivity contribution in [1.29, 1.82) is 0 Å². The summed E-state index contributed by atoms with van der Waals surface area (Å²) in [6.45, 7) is 4.45. The van der Waals surface area contributed by atoms with Crippen molar-refractivity contribution in [2.75, 3.05) is 25.1 Å². The summed E-state index contributed by atoms with van der Waals surface area (Å²) in [7, 11) is 1.67. The number of pyridine rings is 1. The number of hydrogen-bond acceptors (Lipinski definition) is 5. The molecule has 1 atom stereocenters. The fourth-order valence-electron chi connectivity index (χ4n) is 3.01. The number of anilines is 1. The number of hydrogen-bond donors (Lipinski definition) is 0. The van der Waals surface area contributed by atoms with Crippen molar-refractivity contribution < 1.29 is 4.74 Å². The highest BCUT2D eigenvalue weighted by Crippen LogP contribution is 2.28. The van der Waals surface area contributed by atoms with Gasteiger partial charge in [0, 0.05) is 49.8 Å². The van der Waals surface area contributed by atoms with Crippen LogP contribution in [0.15, 0.2) is 30.5 Å². The third-order valence-electron chi connectivity index (χ3n) is 4.01.